The van der Waals surface area contributed by atoms with Crippen LogP contribution in [0.3, 0.4) is 0 Å². The van der Waals surface area contributed by atoms with E-state index in [9.17, 15) is 4.79 Å². The second-order valence-corrected chi connectivity index (χ2v) is 5.01. The third-order valence-electron chi connectivity index (χ3n) is 3.56. The first-order valence-electron chi connectivity index (χ1n) is 7.07. The number of carbonyl (C=O) groups is 1. The van der Waals surface area contributed by atoms with Crippen LogP contribution in [0, 0.1) is 0 Å². The number of hydrogen-bond acceptors (Lipinski definition) is 5. The zero-order valence-corrected chi connectivity index (χ0v) is 12.3. The Hall–Kier alpha value is -2.37. The fourth-order valence-electron chi connectivity index (χ4n) is 2.48. The molecule has 114 valence electrons. The molecular weight excluding hydrogens is 282 g/mol. The molecule has 1 atom stereocenters. The van der Waals surface area contributed by atoms with E-state index in [4.69, 9.17) is 9.73 Å². The van der Waals surface area contributed by atoms with Crippen molar-refractivity contribution in [2.24, 2.45) is 0 Å². The molecule has 3 rings (SSSR count). The molecule has 1 aliphatic rings. The lowest BCUT2D eigenvalue weighted by Gasteiger charge is -2.23. The van der Waals surface area contributed by atoms with E-state index in [0.29, 0.717) is 13.0 Å². The molecule has 22 heavy (non-hydrogen) atoms. The summed E-state index contributed by atoms with van der Waals surface area (Å²) >= 11 is 0. The highest BCUT2D eigenvalue weighted by molar-refractivity contribution is 5.76. The predicted octanol–water partition coefficient (Wildman–Crippen LogP) is 3.17. The molecule has 5 heteroatoms. The van der Waals surface area contributed by atoms with Gasteiger partial charge in [0, 0.05) is 0 Å². The third-order valence-corrected chi connectivity index (χ3v) is 3.56. The van der Waals surface area contributed by atoms with Crippen molar-refractivity contribution in [1.82, 2.24) is 0 Å². The van der Waals surface area contributed by atoms with Gasteiger partial charge >= 0.3 is 5.97 Å². The minimum absolute atomic E-state index is 0.118. The summed E-state index contributed by atoms with van der Waals surface area (Å²) in [5.74, 6) is -0.222. The third kappa shape index (κ3) is 3.10. The van der Waals surface area contributed by atoms with Gasteiger partial charge in [-0.25, -0.2) is 14.6 Å². The molecule has 0 radical (unpaired) electrons. The Labute approximate surface area is 128 Å². The second kappa shape index (κ2) is 6.60. The van der Waals surface area contributed by atoms with Crippen LogP contribution in [-0.2, 0) is 26.0 Å². The molecule has 1 unspecified atom stereocenters. The molecule has 0 aromatic heterocycles. The molecule has 0 spiro atoms. The van der Waals surface area contributed by atoms with Gasteiger partial charge in [0.2, 0.25) is 0 Å². The molecule has 1 aliphatic heterocycles. The van der Waals surface area contributed by atoms with Crippen molar-refractivity contribution in [2.75, 3.05) is 12.2 Å². The highest BCUT2D eigenvalue weighted by Crippen LogP contribution is 2.35. The van der Waals surface area contributed by atoms with Crippen molar-refractivity contribution < 1.29 is 19.4 Å². The highest BCUT2D eigenvalue weighted by Gasteiger charge is 2.34. The van der Waals surface area contributed by atoms with E-state index < -0.39 is 0 Å². The first-order chi connectivity index (χ1) is 10.8. The summed E-state index contributed by atoms with van der Waals surface area (Å²) in [6.45, 7) is 0.388. The van der Waals surface area contributed by atoms with E-state index in [0.717, 1.165) is 16.8 Å². The van der Waals surface area contributed by atoms with Crippen LogP contribution in [-0.4, -0.2) is 13.1 Å². The number of hydrogen-bond donors (Lipinski definition) is 0. The summed E-state index contributed by atoms with van der Waals surface area (Å²) in [5.41, 5.74) is 2.89. The Kier molecular flexibility index (Phi) is 4.37. The van der Waals surface area contributed by atoms with Gasteiger partial charge in [0.25, 0.3) is 0 Å². The van der Waals surface area contributed by atoms with E-state index >= 15 is 0 Å². The summed E-state index contributed by atoms with van der Waals surface area (Å²) in [6, 6.07) is 17.4. The van der Waals surface area contributed by atoms with E-state index in [1.165, 1.54) is 7.11 Å². The quantitative estimate of drug-likeness (QED) is 0.627. The van der Waals surface area contributed by atoms with Crippen LogP contribution < -0.4 is 5.06 Å². The minimum Gasteiger partial charge on any atom is -0.340 e. The standard InChI is InChI=1S/C17H17NO4/c1-20-21-12-13-7-9-14(10-8-13)16-11-17(19)22-18(16)15-5-3-2-4-6-15/h2-10,16H,11-12H2,1H3. The zero-order valence-electron chi connectivity index (χ0n) is 12.3. The van der Waals surface area contributed by atoms with Crippen LogP contribution >= 0.6 is 0 Å². The van der Waals surface area contributed by atoms with E-state index in [-0.39, 0.29) is 12.0 Å². The van der Waals surface area contributed by atoms with Crippen LogP contribution in [0.15, 0.2) is 54.6 Å². The van der Waals surface area contributed by atoms with Gasteiger partial charge in [0.05, 0.1) is 19.2 Å². The summed E-state index contributed by atoms with van der Waals surface area (Å²) in [4.78, 5) is 26.6. The largest absolute Gasteiger partial charge is 0.340 e. The van der Waals surface area contributed by atoms with Gasteiger partial charge in [0.15, 0.2) is 0 Å². The number of benzene rings is 2. The van der Waals surface area contributed by atoms with E-state index in [2.05, 4.69) is 4.89 Å². The molecule has 5 nitrogen and oxygen atoms in total. The maximum Gasteiger partial charge on any atom is 0.334 e. The average Bonchev–Trinajstić information content (AvgIpc) is 2.96. The number of anilines is 1. The van der Waals surface area contributed by atoms with Gasteiger partial charge in [0.1, 0.15) is 12.6 Å². The van der Waals surface area contributed by atoms with Crippen LogP contribution in [0.1, 0.15) is 23.6 Å². The number of para-hydroxylation sites is 1. The smallest absolute Gasteiger partial charge is 0.334 e. The van der Waals surface area contributed by atoms with Gasteiger partial charge in [-0.2, -0.15) is 5.06 Å². The lowest BCUT2D eigenvalue weighted by atomic mass is 10.0. The molecular formula is C17H17NO4. The summed E-state index contributed by atoms with van der Waals surface area (Å²) < 4.78 is 0. The molecule has 0 saturated carbocycles. The van der Waals surface area contributed by atoms with Crippen molar-refractivity contribution in [3.63, 3.8) is 0 Å². The lowest BCUT2D eigenvalue weighted by Crippen LogP contribution is -2.21. The maximum absolute atomic E-state index is 11.7. The summed E-state index contributed by atoms with van der Waals surface area (Å²) in [6.07, 6.45) is 0.336. The molecule has 2 aromatic carbocycles. The highest BCUT2D eigenvalue weighted by atomic mass is 17.2. The number of carbonyl (C=O) groups excluding carboxylic acids is 1. The Morgan fingerprint density at radius 3 is 2.55 bits per heavy atom. The zero-order chi connectivity index (χ0) is 15.4. The normalized spacial score (nSPS) is 17.6. The number of nitrogens with zero attached hydrogens (tertiary/aromatic N) is 1. The Bertz CT molecular complexity index is 627. The monoisotopic (exact) mass is 299 g/mol. The number of rotatable bonds is 5. The molecule has 1 heterocycles. The van der Waals surface area contributed by atoms with Crippen LogP contribution in [0.25, 0.3) is 0 Å². The van der Waals surface area contributed by atoms with Crippen molar-refractivity contribution in [3.8, 4) is 0 Å². The summed E-state index contributed by atoms with van der Waals surface area (Å²) in [5, 5.41) is 1.67. The van der Waals surface area contributed by atoms with Crippen molar-refractivity contribution in [3.05, 3.63) is 65.7 Å². The lowest BCUT2D eigenvalue weighted by molar-refractivity contribution is -0.282. The first kappa shape index (κ1) is 14.6. The number of hydroxylamine groups is 1. The molecule has 1 fully saturated rings. The molecule has 0 amide bonds. The van der Waals surface area contributed by atoms with Gasteiger partial charge in [-0.1, -0.05) is 42.5 Å². The van der Waals surface area contributed by atoms with Gasteiger partial charge in [-0.05, 0) is 23.3 Å². The average molecular weight is 299 g/mol. The topological polar surface area (TPSA) is 48.0 Å². The van der Waals surface area contributed by atoms with Gasteiger partial charge < -0.3 is 4.84 Å². The van der Waals surface area contributed by atoms with Crippen molar-refractivity contribution in [2.45, 2.75) is 19.1 Å². The fourth-order valence-corrected chi connectivity index (χ4v) is 2.48. The second-order valence-electron chi connectivity index (χ2n) is 5.01. The first-order valence-corrected chi connectivity index (χ1v) is 7.07. The van der Waals surface area contributed by atoms with Crippen LogP contribution in [0.4, 0.5) is 5.69 Å². The molecule has 2 aromatic rings. The Morgan fingerprint density at radius 2 is 1.86 bits per heavy atom. The molecule has 0 bridgehead atoms. The molecule has 0 aliphatic carbocycles. The minimum atomic E-state index is -0.222. The SMILES string of the molecule is COOCc1ccc(C2CC(=O)ON2c2ccccc2)cc1. The van der Waals surface area contributed by atoms with Crippen molar-refractivity contribution >= 4 is 11.7 Å². The molecule has 0 N–H and O–H groups in total. The summed E-state index contributed by atoms with van der Waals surface area (Å²) in [7, 11) is 1.48. The maximum atomic E-state index is 11.7. The Balaban J connectivity index is 1.81. The van der Waals surface area contributed by atoms with Crippen LogP contribution in [0.2, 0.25) is 0 Å². The Morgan fingerprint density at radius 1 is 1.14 bits per heavy atom. The van der Waals surface area contributed by atoms with E-state index in [1.54, 1.807) is 5.06 Å². The predicted molar refractivity (Wildman–Crippen MR) is 80.6 cm³/mol. The fraction of sp³-hybridized carbons (Fsp3) is 0.235. The van der Waals surface area contributed by atoms with Gasteiger partial charge in [-0.3, -0.25) is 0 Å². The van der Waals surface area contributed by atoms with E-state index in [1.807, 2.05) is 54.6 Å². The van der Waals surface area contributed by atoms with Crippen molar-refractivity contribution in [1.29, 1.82) is 0 Å². The van der Waals surface area contributed by atoms with Crippen LogP contribution in [0.5, 0.6) is 0 Å². The molecule has 1 saturated heterocycles. The van der Waals surface area contributed by atoms with Gasteiger partial charge in [-0.15, -0.1) is 0 Å².